The molecule has 0 bridgehead atoms. The second kappa shape index (κ2) is 1.18. The molecule has 0 saturated carbocycles. The molecule has 0 aliphatic rings. The maximum Gasteiger partial charge on any atom is 0.275 e. The van der Waals surface area contributed by atoms with Crippen LogP contribution in [0.3, 0.4) is 0 Å². The van der Waals surface area contributed by atoms with Gasteiger partial charge in [-0.25, -0.2) is 5.21 Å². The SMILES string of the molecule is O=[N+](O)P. The molecule has 1 N–H and O–H groups in total. The fraction of sp³-hybridized carbons (Fsp3) is 0. The van der Waals surface area contributed by atoms with Crippen LogP contribution in [0.25, 0.3) is 0 Å². The van der Waals surface area contributed by atoms with Crippen LogP contribution in [0.1, 0.15) is 0 Å². The molecular weight excluding hydrogens is 77.0 g/mol. The second-order valence-electron chi connectivity index (χ2n) is 0.303. The number of nitrogens with zero attached hydrogens (tertiary/aromatic N) is 1. The molecule has 0 aromatic carbocycles. The predicted octanol–water partition coefficient (Wildman–Crippen LogP) is -0.0554. The van der Waals surface area contributed by atoms with E-state index < -0.39 is 0 Å². The monoisotopic (exact) mass is 80.0 g/mol. The van der Waals surface area contributed by atoms with E-state index in [9.17, 15) is 0 Å². The Bertz CT molecular complexity index is 29.0. The molecule has 24 valence electrons. The molecule has 0 aliphatic heterocycles. The smallest absolute Gasteiger partial charge is 0.246 e. The van der Waals surface area contributed by atoms with E-state index in [1.165, 1.54) is 9.39 Å². The molecule has 0 heterocycles. The number of rotatable bonds is 0. The Balaban J connectivity index is 2.80. The maximum atomic E-state index is 8.88. The third-order valence-corrected chi connectivity index (χ3v) is 0. The lowest BCUT2D eigenvalue weighted by Crippen LogP contribution is -1.71. The quantitative estimate of drug-likeness (QED) is 0.327. The van der Waals surface area contributed by atoms with E-state index in [4.69, 9.17) is 10.1 Å². The van der Waals surface area contributed by atoms with E-state index in [0.717, 1.165) is 0 Å². The average Bonchev–Trinajstić information content (AvgIpc) is 0.811. The lowest BCUT2D eigenvalue weighted by atomic mass is 13.4. The standard InChI is InChI=1S/H3NO2P/c2-1(3)4/h4H2,(H,2,3)/q+1. The molecule has 0 aromatic rings. The van der Waals surface area contributed by atoms with Gasteiger partial charge in [0.1, 0.15) is 0 Å². The number of hydrogen-bond donors (Lipinski definition) is 1. The van der Waals surface area contributed by atoms with Gasteiger partial charge in [-0.2, -0.15) is 0 Å². The summed E-state index contributed by atoms with van der Waals surface area (Å²) >= 11 is 0. The summed E-state index contributed by atoms with van der Waals surface area (Å²) in [5, 5.41) is 7.30. The summed E-state index contributed by atoms with van der Waals surface area (Å²) in [5.41, 5.74) is 0. The lowest BCUT2D eigenvalue weighted by molar-refractivity contribution is -0.666. The van der Waals surface area contributed by atoms with Crippen molar-refractivity contribution in [1.29, 1.82) is 0 Å². The van der Waals surface area contributed by atoms with E-state index in [1.807, 2.05) is 0 Å². The highest BCUT2D eigenvalue weighted by atomic mass is 31.0. The Kier molecular flexibility index (Phi) is 1.13. The molecular formula is H3NO2P+. The molecule has 0 aliphatic carbocycles. The van der Waals surface area contributed by atoms with E-state index in [2.05, 4.69) is 0 Å². The van der Waals surface area contributed by atoms with Crippen LogP contribution < -0.4 is 0 Å². The first-order valence-electron chi connectivity index (χ1n) is 0.641. The van der Waals surface area contributed by atoms with Crippen LogP contribution >= 0.6 is 9.39 Å². The Morgan fingerprint density at radius 3 is 2.00 bits per heavy atom. The summed E-state index contributed by atoms with van der Waals surface area (Å²) < 4.78 is -0.333. The third-order valence-electron chi connectivity index (χ3n) is 0. The summed E-state index contributed by atoms with van der Waals surface area (Å²) in [5.74, 6) is 0. The van der Waals surface area contributed by atoms with Gasteiger partial charge in [0.25, 0.3) is 9.39 Å². The first-order valence-corrected chi connectivity index (χ1v) is 1.16. The predicted molar refractivity (Wildman–Crippen MR) is 15.1 cm³/mol. The van der Waals surface area contributed by atoms with Gasteiger partial charge in [-0.1, -0.05) is 0 Å². The second-order valence-corrected chi connectivity index (χ2v) is 0.744. The molecule has 0 aromatic heterocycles. The molecule has 1 unspecified atom stereocenters. The van der Waals surface area contributed by atoms with Crippen LogP contribution in [0, 0.1) is 4.91 Å². The summed E-state index contributed by atoms with van der Waals surface area (Å²) in [6, 6.07) is 0. The maximum absolute atomic E-state index is 8.88. The van der Waals surface area contributed by atoms with Crippen LogP contribution in [0.2, 0.25) is 0 Å². The van der Waals surface area contributed by atoms with Gasteiger partial charge >= 0.3 is 0 Å². The molecule has 0 radical (unpaired) electrons. The van der Waals surface area contributed by atoms with Crippen molar-refractivity contribution in [2.75, 3.05) is 0 Å². The Morgan fingerprint density at radius 1 is 2.00 bits per heavy atom. The largest absolute Gasteiger partial charge is 0.275 e. The molecule has 0 rings (SSSR count). The van der Waals surface area contributed by atoms with Crippen molar-refractivity contribution in [1.82, 2.24) is 0 Å². The normalized spacial score (nSPS) is 6.25. The molecule has 0 amide bonds. The fourth-order valence-corrected chi connectivity index (χ4v) is 0. The molecule has 3 nitrogen and oxygen atoms in total. The van der Waals surface area contributed by atoms with Gasteiger partial charge in [-0.05, 0) is 0 Å². The highest BCUT2D eigenvalue weighted by Crippen LogP contribution is 1.69. The van der Waals surface area contributed by atoms with Gasteiger partial charge in [0, 0.05) is 0 Å². The lowest BCUT2D eigenvalue weighted by Gasteiger charge is -1.48. The van der Waals surface area contributed by atoms with Crippen molar-refractivity contribution in [3.05, 3.63) is 4.91 Å². The van der Waals surface area contributed by atoms with E-state index in [0.29, 0.717) is 0 Å². The Labute approximate surface area is 25.4 Å². The molecule has 0 saturated heterocycles. The molecule has 4 heavy (non-hydrogen) atoms. The van der Waals surface area contributed by atoms with Crippen molar-refractivity contribution in [3.63, 3.8) is 0 Å². The van der Waals surface area contributed by atoms with Crippen LogP contribution in [0.4, 0.5) is 0 Å². The Morgan fingerprint density at radius 2 is 2.00 bits per heavy atom. The van der Waals surface area contributed by atoms with Crippen LogP contribution in [0.5, 0.6) is 0 Å². The van der Waals surface area contributed by atoms with Gasteiger partial charge in [-0.15, -0.1) is 0 Å². The van der Waals surface area contributed by atoms with E-state index in [-0.39, 0.29) is 4.69 Å². The third kappa shape index (κ3) is 43.6. The minimum atomic E-state index is -0.333. The molecule has 0 fully saturated rings. The van der Waals surface area contributed by atoms with Gasteiger partial charge in [0.05, 0.1) is 4.91 Å². The van der Waals surface area contributed by atoms with Crippen LogP contribution in [-0.4, -0.2) is 9.90 Å². The van der Waals surface area contributed by atoms with Gasteiger partial charge < -0.3 is 0 Å². The Hall–Kier alpha value is -0.170. The molecule has 4 heteroatoms. The zero-order valence-electron chi connectivity index (χ0n) is 1.88. The van der Waals surface area contributed by atoms with Gasteiger partial charge in [0.15, 0.2) is 0 Å². The van der Waals surface area contributed by atoms with Crippen molar-refractivity contribution >= 4 is 9.39 Å². The van der Waals surface area contributed by atoms with Crippen LogP contribution in [-0.2, 0) is 0 Å². The van der Waals surface area contributed by atoms with Crippen molar-refractivity contribution in [2.45, 2.75) is 0 Å². The van der Waals surface area contributed by atoms with Crippen molar-refractivity contribution in [3.8, 4) is 0 Å². The summed E-state index contributed by atoms with van der Waals surface area (Å²) in [6.07, 6.45) is 0. The highest BCUT2D eigenvalue weighted by Gasteiger charge is 1.72. The number of hydrogen-bond acceptors (Lipinski definition) is 1. The topological polar surface area (TPSA) is 40.3 Å². The van der Waals surface area contributed by atoms with Gasteiger partial charge in [0.2, 0.25) is 4.69 Å². The summed E-state index contributed by atoms with van der Waals surface area (Å²) in [4.78, 5) is 8.88. The van der Waals surface area contributed by atoms with Crippen molar-refractivity contribution in [2.24, 2.45) is 0 Å². The van der Waals surface area contributed by atoms with E-state index in [1.54, 1.807) is 0 Å². The average molecular weight is 80.0 g/mol. The zero-order chi connectivity index (χ0) is 3.58. The zero-order valence-corrected chi connectivity index (χ0v) is 3.03. The summed E-state index contributed by atoms with van der Waals surface area (Å²) in [7, 11) is 1.49. The van der Waals surface area contributed by atoms with Crippen molar-refractivity contribution < 1.29 is 9.90 Å². The minimum Gasteiger partial charge on any atom is -0.246 e. The highest BCUT2D eigenvalue weighted by molar-refractivity contribution is 7.07. The van der Waals surface area contributed by atoms with Crippen LogP contribution in [0.15, 0.2) is 0 Å². The minimum absolute atomic E-state index is 0.333. The molecule has 0 spiro atoms. The molecule has 1 atom stereocenters. The van der Waals surface area contributed by atoms with E-state index >= 15 is 0 Å². The fourth-order valence-electron chi connectivity index (χ4n) is 0. The first kappa shape index (κ1) is 3.83. The first-order chi connectivity index (χ1) is 1.73. The summed E-state index contributed by atoms with van der Waals surface area (Å²) in [6.45, 7) is 0. The van der Waals surface area contributed by atoms with Gasteiger partial charge in [-0.3, -0.25) is 0 Å².